The highest BCUT2D eigenvalue weighted by atomic mass is 16.7. The van der Waals surface area contributed by atoms with Crippen LogP contribution in [0.4, 0.5) is 11.4 Å². The number of hydrogen-bond donors (Lipinski definition) is 0. The second kappa shape index (κ2) is 7.92. The van der Waals surface area contributed by atoms with Gasteiger partial charge in [-0.05, 0) is 51.1 Å². The van der Waals surface area contributed by atoms with Crippen molar-refractivity contribution in [2.75, 3.05) is 31.4 Å². The quantitative estimate of drug-likeness (QED) is 0.700. The fourth-order valence-electron chi connectivity index (χ4n) is 2.80. The molecule has 25 heavy (non-hydrogen) atoms. The van der Waals surface area contributed by atoms with Crippen molar-refractivity contribution in [3.05, 3.63) is 42.0 Å². The molecule has 1 heterocycles. The summed E-state index contributed by atoms with van der Waals surface area (Å²) >= 11 is 0. The largest absolute Gasteiger partial charge is 0.493 e. The molecular weight excluding hydrogens is 316 g/mol. The van der Waals surface area contributed by atoms with Gasteiger partial charge in [-0.15, -0.1) is 0 Å². The van der Waals surface area contributed by atoms with Crippen molar-refractivity contribution < 1.29 is 14.2 Å². The van der Waals surface area contributed by atoms with E-state index >= 15 is 0 Å². The van der Waals surface area contributed by atoms with Gasteiger partial charge in [0.1, 0.15) is 5.75 Å². The second-order valence-electron chi connectivity index (χ2n) is 5.62. The second-order valence-corrected chi connectivity index (χ2v) is 5.62. The minimum atomic E-state index is 0.244. The minimum absolute atomic E-state index is 0.244. The molecule has 5 heteroatoms. The van der Waals surface area contributed by atoms with Gasteiger partial charge in [0, 0.05) is 36.6 Å². The maximum atomic E-state index is 5.70. The summed E-state index contributed by atoms with van der Waals surface area (Å²) in [7, 11) is 0. The van der Waals surface area contributed by atoms with Crippen LogP contribution in [0.2, 0.25) is 0 Å². The molecule has 0 saturated carbocycles. The van der Waals surface area contributed by atoms with Crippen molar-refractivity contribution in [2.24, 2.45) is 4.99 Å². The highest BCUT2D eigenvalue weighted by Crippen LogP contribution is 2.37. The van der Waals surface area contributed by atoms with Gasteiger partial charge < -0.3 is 19.1 Å². The maximum absolute atomic E-state index is 5.70. The van der Waals surface area contributed by atoms with Gasteiger partial charge in [0.05, 0.1) is 12.3 Å². The van der Waals surface area contributed by atoms with Gasteiger partial charge in [-0.2, -0.15) is 0 Å². The topological polar surface area (TPSA) is 43.3 Å². The lowest BCUT2D eigenvalue weighted by Crippen LogP contribution is -2.21. The lowest BCUT2D eigenvalue weighted by molar-refractivity contribution is 0.174. The Morgan fingerprint density at radius 2 is 1.72 bits per heavy atom. The summed E-state index contributed by atoms with van der Waals surface area (Å²) in [5.74, 6) is 2.18. The zero-order valence-electron chi connectivity index (χ0n) is 15.0. The molecule has 0 aliphatic carbocycles. The molecule has 0 atom stereocenters. The van der Waals surface area contributed by atoms with Crippen LogP contribution < -0.4 is 19.1 Å². The SMILES string of the molecule is CCOc1cc2c(cc1C=Nc1ccc(N(CC)CC)cc1)OCO2. The third-order valence-corrected chi connectivity index (χ3v) is 4.14. The van der Waals surface area contributed by atoms with Crippen LogP contribution in [0, 0.1) is 0 Å². The molecule has 0 bridgehead atoms. The van der Waals surface area contributed by atoms with E-state index in [2.05, 4.69) is 35.9 Å². The van der Waals surface area contributed by atoms with Gasteiger partial charge in [0.2, 0.25) is 6.79 Å². The molecule has 0 amide bonds. The van der Waals surface area contributed by atoms with E-state index in [0.717, 1.165) is 35.8 Å². The predicted octanol–water partition coefficient (Wildman–Crippen LogP) is 4.41. The average molecular weight is 340 g/mol. The molecule has 3 rings (SSSR count). The molecule has 0 spiro atoms. The van der Waals surface area contributed by atoms with Crippen LogP contribution in [-0.2, 0) is 0 Å². The number of benzene rings is 2. The van der Waals surface area contributed by atoms with Gasteiger partial charge in [0.15, 0.2) is 11.5 Å². The van der Waals surface area contributed by atoms with Crippen LogP contribution in [0.3, 0.4) is 0 Å². The summed E-state index contributed by atoms with van der Waals surface area (Å²) in [6.45, 7) is 9.09. The molecule has 0 saturated heterocycles. The molecule has 0 N–H and O–H groups in total. The third kappa shape index (κ3) is 3.87. The minimum Gasteiger partial charge on any atom is -0.493 e. The normalized spacial score (nSPS) is 12.6. The van der Waals surface area contributed by atoms with Crippen LogP contribution in [0.15, 0.2) is 41.4 Å². The first-order valence-electron chi connectivity index (χ1n) is 8.70. The predicted molar refractivity (Wildman–Crippen MR) is 101 cm³/mol. The van der Waals surface area contributed by atoms with Crippen molar-refractivity contribution >= 4 is 17.6 Å². The summed E-state index contributed by atoms with van der Waals surface area (Å²) in [4.78, 5) is 6.88. The van der Waals surface area contributed by atoms with Crippen LogP contribution in [0.25, 0.3) is 0 Å². The molecule has 0 radical (unpaired) electrons. The summed E-state index contributed by atoms with van der Waals surface area (Å²) in [6, 6.07) is 12.0. The van der Waals surface area contributed by atoms with Crippen LogP contribution in [0.5, 0.6) is 17.2 Å². The number of fused-ring (bicyclic) bond motifs is 1. The molecule has 0 fully saturated rings. The van der Waals surface area contributed by atoms with Crippen LogP contribution in [0.1, 0.15) is 26.3 Å². The Morgan fingerprint density at radius 3 is 2.36 bits per heavy atom. The number of rotatable bonds is 7. The Labute approximate surface area is 148 Å². The van der Waals surface area contributed by atoms with E-state index in [-0.39, 0.29) is 6.79 Å². The third-order valence-electron chi connectivity index (χ3n) is 4.14. The Kier molecular flexibility index (Phi) is 5.43. The molecule has 0 unspecified atom stereocenters. The van der Waals surface area contributed by atoms with E-state index in [4.69, 9.17) is 14.2 Å². The Bertz CT molecular complexity index is 737. The first kappa shape index (κ1) is 17.1. The maximum Gasteiger partial charge on any atom is 0.231 e. The first-order chi connectivity index (χ1) is 12.2. The van der Waals surface area contributed by atoms with Gasteiger partial charge >= 0.3 is 0 Å². The highest BCUT2D eigenvalue weighted by Gasteiger charge is 2.17. The zero-order valence-corrected chi connectivity index (χ0v) is 15.0. The molecule has 2 aromatic carbocycles. The average Bonchev–Trinajstić information content (AvgIpc) is 3.09. The smallest absolute Gasteiger partial charge is 0.231 e. The number of hydrogen-bond acceptors (Lipinski definition) is 5. The lowest BCUT2D eigenvalue weighted by atomic mass is 10.2. The molecular formula is C20H24N2O3. The Hall–Kier alpha value is -2.69. The molecule has 132 valence electrons. The molecule has 5 nitrogen and oxygen atoms in total. The lowest BCUT2D eigenvalue weighted by Gasteiger charge is -2.20. The van der Waals surface area contributed by atoms with Crippen LogP contribution >= 0.6 is 0 Å². The summed E-state index contributed by atoms with van der Waals surface area (Å²) in [6.07, 6.45) is 1.80. The Morgan fingerprint density at radius 1 is 1.04 bits per heavy atom. The molecule has 0 aromatic heterocycles. The van der Waals surface area contributed by atoms with E-state index in [0.29, 0.717) is 12.4 Å². The molecule has 2 aromatic rings. The van der Waals surface area contributed by atoms with Crippen molar-refractivity contribution in [1.82, 2.24) is 0 Å². The van der Waals surface area contributed by atoms with Gasteiger partial charge in [-0.1, -0.05) is 0 Å². The van der Waals surface area contributed by atoms with E-state index in [9.17, 15) is 0 Å². The van der Waals surface area contributed by atoms with E-state index in [1.165, 1.54) is 5.69 Å². The number of nitrogens with zero attached hydrogens (tertiary/aromatic N) is 2. The highest BCUT2D eigenvalue weighted by molar-refractivity contribution is 5.87. The monoisotopic (exact) mass is 340 g/mol. The van der Waals surface area contributed by atoms with E-state index in [1.54, 1.807) is 6.21 Å². The number of ether oxygens (including phenoxy) is 3. The Balaban J connectivity index is 1.81. The van der Waals surface area contributed by atoms with Crippen molar-refractivity contribution in [3.63, 3.8) is 0 Å². The van der Waals surface area contributed by atoms with Gasteiger partial charge in [-0.3, -0.25) is 4.99 Å². The van der Waals surface area contributed by atoms with Gasteiger partial charge in [0.25, 0.3) is 0 Å². The first-order valence-corrected chi connectivity index (χ1v) is 8.70. The van der Waals surface area contributed by atoms with Crippen molar-refractivity contribution in [3.8, 4) is 17.2 Å². The zero-order chi connectivity index (χ0) is 17.6. The summed E-state index contributed by atoms with van der Waals surface area (Å²) < 4.78 is 16.6. The summed E-state index contributed by atoms with van der Waals surface area (Å²) in [5.41, 5.74) is 2.98. The van der Waals surface area contributed by atoms with Gasteiger partial charge in [-0.25, -0.2) is 0 Å². The standard InChI is InChI=1S/C20H24N2O3/c1-4-22(5-2)17-9-7-16(8-10-17)21-13-15-11-19-20(25-14-24-19)12-18(15)23-6-3/h7-13H,4-6,14H2,1-3H3. The van der Waals surface area contributed by atoms with E-state index < -0.39 is 0 Å². The van der Waals surface area contributed by atoms with Crippen LogP contribution in [-0.4, -0.2) is 32.7 Å². The van der Waals surface area contributed by atoms with E-state index in [1.807, 2.05) is 31.2 Å². The van der Waals surface area contributed by atoms with Crippen molar-refractivity contribution in [1.29, 1.82) is 0 Å². The fraction of sp³-hybridized carbons (Fsp3) is 0.350. The van der Waals surface area contributed by atoms with Crippen molar-refractivity contribution in [2.45, 2.75) is 20.8 Å². The molecule has 1 aliphatic rings. The fourth-order valence-corrected chi connectivity index (χ4v) is 2.80. The number of anilines is 1. The summed E-state index contributed by atoms with van der Waals surface area (Å²) in [5, 5.41) is 0. The molecule has 1 aliphatic heterocycles. The number of aliphatic imine (C=N–C) groups is 1.